The van der Waals surface area contributed by atoms with Crippen molar-refractivity contribution in [2.24, 2.45) is 0 Å². The molecule has 0 saturated heterocycles. The van der Waals surface area contributed by atoms with Crippen molar-refractivity contribution >= 4 is 17.3 Å². The van der Waals surface area contributed by atoms with E-state index >= 15 is 0 Å². The van der Waals surface area contributed by atoms with Crippen LogP contribution < -0.4 is 10.6 Å². The van der Waals surface area contributed by atoms with Crippen molar-refractivity contribution in [3.05, 3.63) is 41.5 Å². The molecule has 1 aromatic carbocycles. The first-order valence-electron chi connectivity index (χ1n) is 6.38. The van der Waals surface area contributed by atoms with Crippen molar-refractivity contribution in [1.29, 1.82) is 0 Å². The van der Waals surface area contributed by atoms with Crippen molar-refractivity contribution in [2.75, 3.05) is 10.6 Å². The van der Waals surface area contributed by atoms with Gasteiger partial charge in [-0.2, -0.15) is 0 Å². The zero-order valence-electron chi connectivity index (χ0n) is 10.8. The molecule has 0 atom stereocenters. The fraction of sp³-hybridized carbons (Fsp3) is 0.286. The summed E-state index contributed by atoms with van der Waals surface area (Å²) in [5, 5.41) is 6.24. The van der Waals surface area contributed by atoms with Crippen LogP contribution in [0, 0.1) is 6.92 Å². The van der Waals surface area contributed by atoms with Crippen molar-refractivity contribution < 1.29 is 4.79 Å². The Hall–Kier alpha value is -2.30. The summed E-state index contributed by atoms with van der Waals surface area (Å²) >= 11 is 0. The van der Waals surface area contributed by atoms with E-state index in [4.69, 9.17) is 0 Å². The predicted octanol–water partition coefficient (Wildman–Crippen LogP) is 2.21. The van der Waals surface area contributed by atoms with Gasteiger partial charge >= 0.3 is 0 Å². The number of imidazole rings is 1. The first-order chi connectivity index (χ1) is 9.22. The van der Waals surface area contributed by atoms with Crippen LogP contribution in [0.2, 0.25) is 0 Å². The summed E-state index contributed by atoms with van der Waals surface area (Å²) in [7, 11) is 0. The van der Waals surface area contributed by atoms with E-state index in [1.807, 2.05) is 19.1 Å². The Kier molecular flexibility index (Phi) is 2.95. The van der Waals surface area contributed by atoms with Crippen LogP contribution in [0.15, 0.2) is 24.5 Å². The summed E-state index contributed by atoms with van der Waals surface area (Å²) < 4.78 is 0. The van der Waals surface area contributed by atoms with Gasteiger partial charge < -0.3 is 15.6 Å². The van der Waals surface area contributed by atoms with Gasteiger partial charge in [0.1, 0.15) is 0 Å². The number of rotatable bonds is 3. The average molecular weight is 256 g/mol. The molecule has 19 heavy (non-hydrogen) atoms. The lowest BCUT2D eigenvalue weighted by atomic mass is 10.0. The molecular weight excluding hydrogens is 240 g/mol. The third-order valence-electron chi connectivity index (χ3n) is 3.40. The lowest BCUT2D eigenvalue weighted by Gasteiger charge is -2.18. The van der Waals surface area contributed by atoms with Crippen LogP contribution in [0.25, 0.3) is 0 Å². The molecule has 0 unspecified atom stereocenters. The second kappa shape index (κ2) is 4.76. The maximum atomic E-state index is 11.3. The van der Waals surface area contributed by atoms with Crippen LogP contribution in [0.4, 0.5) is 11.4 Å². The van der Waals surface area contributed by atoms with Crippen LogP contribution in [-0.4, -0.2) is 15.9 Å². The molecular formula is C14H16N4O. The molecule has 1 aliphatic heterocycles. The van der Waals surface area contributed by atoms with Gasteiger partial charge in [-0.1, -0.05) is 0 Å². The fourth-order valence-corrected chi connectivity index (χ4v) is 2.24. The van der Waals surface area contributed by atoms with E-state index in [1.54, 1.807) is 6.33 Å². The third kappa shape index (κ3) is 2.45. The number of hydrogen-bond acceptors (Lipinski definition) is 3. The molecule has 0 bridgehead atoms. The number of H-pyrrole nitrogens is 1. The van der Waals surface area contributed by atoms with Gasteiger partial charge in [0.15, 0.2) is 0 Å². The average Bonchev–Trinajstić information content (AvgIpc) is 2.82. The molecule has 1 aliphatic rings. The number of anilines is 2. The molecule has 2 heterocycles. The molecule has 1 aromatic heterocycles. The highest BCUT2D eigenvalue weighted by molar-refractivity contribution is 5.94. The molecule has 0 spiro atoms. The zero-order valence-corrected chi connectivity index (χ0v) is 10.8. The number of nitrogens with zero attached hydrogens (tertiary/aromatic N) is 1. The molecule has 5 nitrogen and oxygen atoms in total. The Labute approximate surface area is 111 Å². The van der Waals surface area contributed by atoms with Gasteiger partial charge in [-0.15, -0.1) is 0 Å². The van der Waals surface area contributed by atoms with Gasteiger partial charge in [-0.05, 0) is 37.1 Å². The van der Waals surface area contributed by atoms with Gasteiger partial charge in [-0.3, -0.25) is 4.79 Å². The Morgan fingerprint density at radius 3 is 3.05 bits per heavy atom. The number of amides is 1. The Balaban J connectivity index is 1.72. The molecule has 1 amide bonds. The van der Waals surface area contributed by atoms with Gasteiger partial charge in [0.05, 0.1) is 18.6 Å². The number of aromatic amines is 1. The minimum atomic E-state index is 0.0976. The standard InChI is InChI=1S/C14H16N4O/c1-9-13(17-8-16-9)7-15-11-3-4-12-10(6-11)2-5-14(19)18-12/h3-4,6,8,15H,2,5,7H2,1H3,(H,16,17)(H,18,19). The number of aromatic nitrogens is 2. The van der Waals surface area contributed by atoms with Crippen molar-refractivity contribution in [3.63, 3.8) is 0 Å². The van der Waals surface area contributed by atoms with Gasteiger partial charge in [-0.25, -0.2) is 4.98 Å². The lowest BCUT2D eigenvalue weighted by Crippen LogP contribution is -2.19. The first-order valence-corrected chi connectivity index (χ1v) is 6.38. The maximum Gasteiger partial charge on any atom is 0.224 e. The van der Waals surface area contributed by atoms with E-state index in [2.05, 4.69) is 26.7 Å². The summed E-state index contributed by atoms with van der Waals surface area (Å²) in [5.41, 5.74) is 5.27. The van der Waals surface area contributed by atoms with E-state index in [0.29, 0.717) is 13.0 Å². The highest BCUT2D eigenvalue weighted by Crippen LogP contribution is 2.25. The normalized spacial score (nSPS) is 13.8. The molecule has 0 radical (unpaired) electrons. The quantitative estimate of drug-likeness (QED) is 0.788. The third-order valence-corrected chi connectivity index (χ3v) is 3.40. The highest BCUT2D eigenvalue weighted by Gasteiger charge is 2.14. The number of carbonyl (C=O) groups is 1. The molecule has 0 saturated carbocycles. The minimum Gasteiger partial charge on any atom is -0.379 e. The van der Waals surface area contributed by atoms with Gasteiger partial charge in [0.25, 0.3) is 0 Å². The first kappa shape index (κ1) is 11.8. The van der Waals surface area contributed by atoms with E-state index in [9.17, 15) is 4.79 Å². The van der Waals surface area contributed by atoms with E-state index in [-0.39, 0.29) is 5.91 Å². The monoisotopic (exact) mass is 256 g/mol. The lowest BCUT2D eigenvalue weighted by molar-refractivity contribution is -0.116. The molecule has 3 N–H and O–H groups in total. The van der Waals surface area contributed by atoms with Crippen LogP contribution in [-0.2, 0) is 17.8 Å². The van der Waals surface area contributed by atoms with E-state index < -0.39 is 0 Å². The summed E-state index contributed by atoms with van der Waals surface area (Å²) in [6.07, 6.45) is 3.07. The molecule has 5 heteroatoms. The van der Waals surface area contributed by atoms with Crippen molar-refractivity contribution in [1.82, 2.24) is 9.97 Å². The Bertz CT molecular complexity index is 618. The van der Waals surface area contributed by atoms with E-state index in [0.717, 1.165) is 29.2 Å². The maximum absolute atomic E-state index is 11.3. The minimum absolute atomic E-state index is 0.0976. The molecule has 2 aromatic rings. The van der Waals surface area contributed by atoms with Crippen LogP contribution in [0.5, 0.6) is 0 Å². The van der Waals surface area contributed by atoms with Crippen molar-refractivity contribution in [3.8, 4) is 0 Å². The molecule has 98 valence electrons. The summed E-state index contributed by atoms with van der Waals surface area (Å²) in [5.74, 6) is 0.0976. The van der Waals surface area contributed by atoms with Crippen LogP contribution in [0.3, 0.4) is 0 Å². The fourth-order valence-electron chi connectivity index (χ4n) is 2.24. The highest BCUT2D eigenvalue weighted by atomic mass is 16.1. The SMILES string of the molecule is Cc1[nH]cnc1CNc1ccc2c(c1)CCC(=O)N2. The van der Waals surface area contributed by atoms with Crippen LogP contribution >= 0.6 is 0 Å². The largest absolute Gasteiger partial charge is 0.379 e. The second-order valence-corrected chi connectivity index (χ2v) is 4.75. The zero-order chi connectivity index (χ0) is 13.2. The number of hydrogen-bond donors (Lipinski definition) is 3. The van der Waals surface area contributed by atoms with Crippen molar-refractivity contribution in [2.45, 2.75) is 26.3 Å². The number of nitrogens with one attached hydrogen (secondary N) is 3. The number of carbonyl (C=O) groups excluding carboxylic acids is 1. The second-order valence-electron chi connectivity index (χ2n) is 4.75. The topological polar surface area (TPSA) is 69.8 Å². The van der Waals surface area contributed by atoms with E-state index in [1.165, 1.54) is 5.56 Å². The molecule has 0 aliphatic carbocycles. The molecule has 0 fully saturated rings. The number of fused-ring (bicyclic) bond motifs is 1. The Morgan fingerprint density at radius 1 is 1.37 bits per heavy atom. The summed E-state index contributed by atoms with van der Waals surface area (Å²) in [6.45, 7) is 2.70. The van der Waals surface area contributed by atoms with Crippen LogP contribution in [0.1, 0.15) is 23.4 Å². The number of benzene rings is 1. The number of aryl methyl sites for hydroxylation is 2. The summed E-state index contributed by atoms with van der Waals surface area (Å²) in [4.78, 5) is 18.6. The predicted molar refractivity (Wildman–Crippen MR) is 74.0 cm³/mol. The smallest absolute Gasteiger partial charge is 0.224 e. The molecule has 3 rings (SSSR count). The van der Waals surface area contributed by atoms with Gasteiger partial charge in [0.2, 0.25) is 5.91 Å². The summed E-state index contributed by atoms with van der Waals surface area (Å²) in [6, 6.07) is 6.02. The van der Waals surface area contributed by atoms with Gasteiger partial charge in [0, 0.05) is 23.5 Å². The Morgan fingerprint density at radius 2 is 2.26 bits per heavy atom.